The summed E-state index contributed by atoms with van der Waals surface area (Å²) in [6.45, 7) is 1.88. The fourth-order valence-electron chi connectivity index (χ4n) is 2.43. The molecule has 2 N–H and O–H groups in total. The van der Waals surface area contributed by atoms with Crippen molar-refractivity contribution in [3.05, 3.63) is 59.0 Å². The number of methoxy groups -OCH3 is 1. The molecule has 7 heteroatoms. The lowest BCUT2D eigenvalue weighted by Crippen LogP contribution is -2.19. The number of pyridine rings is 1. The SMILES string of the molecule is COc1cc(C)nc2ccc(NC(=O)Nc3ccc(F)c(Cl)c3)cc12. The topological polar surface area (TPSA) is 63.2 Å². The van der Waals surface area contributed by atoms with Gasteiger partial charge in [0.05, 0.1) is 17.6 Å². The zero-order chi connectivity index (χ0) is 18.0. The molecule has 0 saturated heterocycles. The molecule has 0 unspecified atom stereocenters. The molecule has 0 aliphatic rings. The quantitative estimate of drug-likeness (QED) is 0.692. The molecule has 5 nitrogen and oxygen atoms in total. The van der Waals surface area contributed by atoms with E-state index in [0.29, 0.717) is 17.1 Å². The fraction of sp³-hybridized carbons (Fsp3) is 0.111. The van der Waals surface area contributed by atoms with Crippen molar-refractivity contribution in [1.82, 2.24) is 4.98 Å². The molecule has 2 aromatic carbocycles. The maximum absolute atomic E-state index is 13.2. The van der Waals surface area contributed by atoms with E-state index in [9.17, 15) is 9.18 Å². The number of urea groups is 1. The van der Waals surface area contributed by atoms with E-state index in [1.165, 1.54) is 18.2 Å². The first-order valence-corrected chi connectivity index (χ1v) is 7.82. The number of hydrogen-bond acceptors (Lipinski definition) is 3. The lowest BCUT2D eigenvalue weighted by molar-refractivity contribution is 0.262. The molecular weight excluding hydrogens is 345 g/mol. The summed E-state index contributed by atoms with van der Waals surface area (Å²) >= 11 is 5.70. The number of hydrogen-bond donors (Lipinski definition) is 2. The van der Waals surface area contributed by atoms with E-state index in [4.69, 9.17) is 16.3 Å². The molecule has 0 fully saturated rings. The van der Waals surface area contributed by atoms with Crippen LogP contribution in [-0.2, 0) is 0 Å². The van der Waals surface area contributed by atoms with Crippen LogP contribution in [-0.4, -0.2) is 18.1 Å². The summed E-state index contributed by atoms with van der Waals surface area (Å²) in [6, 6.07) is 10.6. The number of amides is 2. The molecule has 0 atom stereocenters. The van der Waals surface area contributed by atoms with E-state index in [1.807, 2.05) is 13.0 Å². The molecule has 0 bridgehead atoms. The summed E-state index contributed by atoms with van der Waals surface area (Å²) in [7, 11) is 1.58. The van der Waals surface area contributed by atoms with Gasteiger partial charge in [-0.25, -0.2) is 9.18 Å². The molecule has 1 aromatic heterocycles. The predicted octanol–water partition coefficient (Wildman–Crippen LogP) is 4.99. The Morgan fingerprint density at radius 3 is 2.48 bits per heavy atom. The van der Waals surface area contributed by atoms with Crippen molar-refractivity contribution in [2.75, 3.05) is 17.7 Å². The molecule has 0 radical (unpaired) electrons. The van der Waals surface area contributed by atoms with Gasteiger partial charge in [-0.15, -0.1) is 0 Å². The van der Waals surface area contributed by atoms with E-state index < -0.39 is 11.8 Å². The van der Waals surface area contributed by atoms with Crippen LogP contribution in [0.15, 0.2) is 42.5 Å². The van der Waals surface area contributed by atoms with Gasteiger partial charge in [0.1, 0.15) is 11.6 Å². The number of halogens is 2. The molecule has 128 valence electrons. The Balaban J connectivity index is 1.81. The summed E-state index contributed by atoms with van der Waals surface area (Å²) < 4.78 is 18.5. The Bertz CT molecular complexity index is 962. The molecule has 0 aliphatic carbocycles. The number of benzene rings is 2. The largest absolute Gasteiger partial charge is 0.496 e. The third-order valence-corrected chi connectivity index (χ3v) is 3.84. The third-order valence-electron chi connectivity index (χ3n) is 3.55. The van der Waals surface area contributed by atoms with Crippen molar-refractivity contribution >= 4 is 39.9 Å². The van der Waals surface area contributed by atoms with Gasteiger partial charge >= 0.3 is 6.03 Å². The standard InChI is InChI=1S/C18H15ClFN3O2/c1-10-7-17(25-2)13-8-11(4-6-16(13)21-10)22-18(24)23-12-3-5-15(20)14(19)9-12/h3-9H,1-2H3,(H2,22,23,24). The Labute approximate surface area is 148 Å². The molecule has 2 amide bonds. The summed E-state index contributed by atoms with van der Waals surface area (Å²) in [5, 5.41) is 6.04. The van der Waals surface area contributed by atoms with Crippen molar-refractivity contribution in [1.29, 1.82) is 0 Å². The molecular formula is C18H15ClFN3O2. The molecule has 1 heterocycles. The highest BCUT2D eigenvalue weighted by Crippen LogP contribution is 2.28. The van der Waals surface area contributed by atoms with Crippen LogP contribution in [0.3, 0.4) is 0 Å². The van der Waals surface area contributed by atoms with Crippen LogP contribution in [0.4, 0.5) is 20.6 Å². The van der Waals surface area contributed by atoms with Gasteiger partial charge in [-0.3, -0.25) is 4.98 Å². The zero-order valence-corrected chi connectivity index (χ0v) is 14.3. The number of anilines is 2. The monoisotopic (exact) mass is 359 g/mol. The van der Waals surface area contributed by atoms with Crippen molar-refractivity contribution in [2.45, 2.75) is 6.92 Å². The van der Waals surface area contributed by atoms with Gasteiger partial charge in [0.25, 0.3) is 0 Å². The second kappa shape index (κ2) is 6.94. The van der Waals surface area contributed by atoms with Crippen LogP contribution in [0, 0.1) is 12.7 Å². The molecule has 3 aromatic rings. The van der Waals surface area contributed by atoms with Gasteiger partial charge in [-0.1, -0.05) is 11.6 Å². The molecule has 25 heavy (non-hydrogen) atoms. The molecule has 3 rings (SSSR count). The highest BCUT2D eigenvalue weighted by atomic mass is 35.5. The smallest absolute Gasteiger partial charge is 0.323 e. The van der Waals surface area contributed by atoms with Gasteiger partial charge < -0.3 is 15.4 Å². The van der Waals surface area contributed by atoms with Gasteiger partial charge in [-0.05, 0) is 43.3 Å². The van der Waals surface area contributed by atoms with Crippen LogP contribution in [0.5, 0.6) is 5.75 Å². The number of fused-ring (bicyclic) bond motifs is 1. The van der Waals surface area contributed by atoms with E-state index in [0.717, 1.165) is 16.6 Å². The number of nitrogens with one attached hydrogen (secondary N) is 2. The highest BCUT2D eigenvalue weighted by molar-refractivity contribution is 6.31. The zero-order valence-electron chi connectivity index (χ0n) is 13.6. The first kappa shape index (κ1) is 17.0. The molecule has 0 spiro atoms. The normalized spacial score (nSPS) is 10.6. The van der Waals surface area contributed by atoms with Crippen molar-refractivity contribution < 1.29 is 13.9 Å². The molecule has 0 saturated carbocycles. The first-order chi connectivity index (χ1) is 12.0. The van der Waals surface area contributed by atoms with Crippen molar-refractivity contribution in [2.24, 2.45) is 0 Å². The number of carbonyl (C=O) groups is 1. The lowest BCUT2D eigenvalue weighted by Gasteiger charge is -2.11. The predicted molar refractivity (Wildman–Crippen MR) is 97.1 cm³/mol. The van der Waals surface area contributed by atoms with Gasteiger partial charge in [0.2, 0.25) is 0 Å². The second-order valence-electron chi connectivity index (χ2n) is 5.41. The van der Waals surface area contributed by atoms with Crippen LogP contribution in [0.25, 0.3) is 10.9 Å². The minimum Gasteiger partial charge on any atom is -0.496 e. The van der Waals surface area contributed by atoms with Crippen LogP contribution in [0.1, 0.15) is 5.69 Å². The minimum absolute atomic E-state index is 0.0605. The average molecular weight is 360 g/mol. The fourth-order valence-corrected chi connectivity index (χ4v) is 2.62. The van der Waals surface area contributed by atoms with Crippen LogP contribution < -0.4 is 15.4 Å². The summed E-state index contributed by atoms with van der Waals surface area (Å²) in [4.78, 5) is 16.5. The van der Waals surface area contributed by atoms with Crippen LogP contribution in [0.2, 0.25) is 5.02 Å². The number of ether oxygens (including phenoxy) is 1. The van der Waals surface area contributed by atoms with Gasteiger partial charge in [0.15, 0.2) is 0 Å². The average Bonchev–Trinajstić information content (AvgIpc) is 2.57. The Morgan fingerprint density at radius 1 is 1.12 bits per heavy atom. The van der Waals surface area contributed by atoms with Crippen LogP contribution >= 0.6 is 11.6 Å². The highest BCUT2D eigenvalue weighted by Gasteiger charge is 2.09. The minimum atomic E-state index is -0.544. The van der Waals surface area contributed by atoms with Gasteiger partial charge in [-0.2, -0.15) is 0 Å². The third kappa shape index (κ3) is 3.80. The van der Waals surface area contributed by atoms with Crippen molar-refractivity contribution in [3.63, 3.8) is 0 Å². The Morgan fingerprint density at radius 2 is 1.80 bits per heavy atom. The van der Waals surface area contributed by atoms with E-state index in [1.54, 1.807) is 25.3 Å². The summed E-state index contributed by atoms with van der Waals surface area (Å²) in [6.07, 6.45) is 0. The Hall–Kier alpha value is -2.86. The van der Waals surface area contributed by atoms with E-state index in [-0.39, 0.29) is 5.02 Å². The number of nitrogens with zero attached hydrogens (tertiary/aromatic N) is 1. The van der Waals surface area contributed by atoms with E-state index in [2.05, 4.69) is 15.6 Å². The second-order valence-corrected chi connectivity index (χ2v) is 5.81. The maximum atomic E-state index is 13.2. The van der Waals surface area contributed by atoms with Crippen molar-refractivity contribution in [3.8, 4) is 5.75 Å². The Kier molecular flexibility index (Phi) is 4.72. The number of rotatable bonds is 3. The molecule has 0 aliphatic heterocycles. The van der Waals surface area contributed by atoms with E-state index >= 15 is 0 Å². The maximum Gasteiger partial charge on any atom is 0.323 e. The number of aryl methyl sites for hydroxylation is 1. The van der Waals surface area contributed by atoms with Gasteiger partial charge in [0, 0.05) is 28.5 Å². The summed E-state index contributed by atoms with van der Waals surface area (Å²) in [5.41, 5.74) is 2.57. The number of aromatic nitrogens is 1. The lowest BCUT2D eigenvalue weighted by atomic mass is 10.1. The number of carbonyl (C=O) groups excluding carboxylic acids is 1. The first-order valence-electron chi connectivity index (χ1n) is 7.45. The summed E-state index contributed by atoms with van der Waals surface area (Å²) in [5.74, 6) is 0.133.